The van der Waals surface area contributed by atoms with Gasteiger partial charge in [-0.2, -0.15) is 0 Å². The molecule has 0 saturated carbocycles. The second kappa shape index (κ2) is 4.88. The number of nitrogens with zero attached hydrogens (tertiary/aromatic N) is 1. The van der Waals surface area contributed by atoms with Crippen LogP contribution in [0, 0.1) is 5.41 Å². The predicted molar refractivity (Wildman–Crippen MR) is 81.5 cm³/mol. The number of carbonyl (C=O) groups excluding carboxylic acids is 1. The molecule has 0 bridgehead atoms. The van der Waals surface area contributed by atoms with Crippen LogP contribution < -0.4 is 4.74 Å². The first-order chi connectivity index (χ1) is 9.97. The molecule has 4 nitrogen and oxygen atoms in total. The van der Waals surface area contributed by atoms with Crippen molar-refractivity contribution >= 4 is 22.5 Å². The first-order valence-corrected chi connectivity index (χ1v) is 6.90. The van der Waals surface area contributed by atoms with Crippen molar-refractivity contribution in [1.82, 2.24) is 0 Å². The van der Waals surface area contributed by atoms with E-state index in [2.05, 4.69) is 5.16 Å². The molecule has 21 heavy (non-hydrogen) atoms. The van der Waals surface area contributed by atoms with E-state index in [4.69, 9.17) is 9.57 Å². The van der Waals surface area contributed by atoms with Crippen LogP contribution in [0.5, 0.6) is 5.75 Å². The Labute approximate surface area is 123 Å². The van der Waals surface area contributed by atoms with E-state index < -0.39 is 5.41 Å². The summed E-state index contributed by atoms with van der Waals surface area (Å²) < 4.78 is 5.61. The Morgan fingerprint density at radius 1 is 1.19 bits per heavy atom. The van der Waals surface area contributed by atoms with Crippen LogP contribution in [0.25, 0.3) is 10.8 Å². The van der Waals surface area contributed by atoms with E-state index in [0.717, 1.165) is 22.1 Å². The number of oxime groups is 1. The highest BCUT2D eigenvalue weighted by atomic mass is 16.7. The zero-order chi connectivity index (χ0) is 15.0. The summed E-state index contributed by atoms with van der Waals surface area (Å²) in [5, 5.41) is 6.18. The normalized spacial score (nSPS) is 15.9. The molecule has 1 aliphatic heterocycles. The smallest absolute Gasteiger partial charge is 0.340 e. The van der Waals surface area contributed by atoms with Gasteiger partial charge in [0.05, 0.1) is 11.0 Å². The Kier molecular flexibility index (Phi) is 3.16. The van der Waals surface area contributed by atoms with Crippen molar-refractivity contribution in [2.75, 3.05) is 6.61 Å². The number of ether oxygens (including phenoxy) is 1. The van der Waals surface area contributed by atoms with E-state index in [-0.39, 0.29) is 5.97 Å². The fourth-order valence-electron chi connectivity index (χ4n) is 2.19. The van der Waals surface area contributed by atoms with Gasteiger partial charge in [-0.15, -0.1) is 0 Å². The van der Waals surface area contributed by atoms with Crippen LogP contribution in [-0.2, 0) is 9.63 Å². The number of rotatable bonds is 1. The number of carbonyl (C=O) groups is 1. The molecule has 1 aliphatic rings. The standard InChI is InChI=1S/C17H17NO3/c1-17(2,3)16(19)21-18-13-10-20-14-9-8-11-6-4-5-7-12(11)15(13)14/h4-9H,10H2,1-3H3. The van der Waals surface area contributed by atoms with Crippen molar-refractivity contribution in [3.05, 3.63) is 42.0 Å². The largest absolute Gasteiger partial charge is 0.486 e. The summed E-state index contributed by atoms with van der Waals surface area (Å²) in [5.74, 6) is 0.419. The summed E-state index contributed by atoms with van der Waals surface area (Å²) in [7, 11) is 0. The predicted octanol–water partition coefficient (Wildman–Crippen LogP) is 3.53. The average Bonchev–Trinajstić information content (AvgIpc) is 2.87. The molecule has 0 aliphatic carbocycles. The molecule has 2 aromatic rings. The third-order valence-electron chi connectivity index (χ3n) is 3.39. The zero-order valence-electron chi connectivity index (χ0n) is 12.3. The van der Waals surface area contributed by atoms with Gasteiger partial charge in [0.1, 0.15) is 18.1 Å². The molecule has 0 unspecified atom stereocenters. The van der Waals surface area contributed by atoms with Crippen molar-refractivity contribution in [2.45, 2.75) is 20.8 Å². The summed E-state index contributed by atoms with van der Waals surface area (Å²) in [5.41, 5.74) is 0.986. The van der Waals surface area contributed by atoms with Crippen LogP contribution in [0.2, 0.25) is 0 Å². The van der Waals surface area contributed by atoms with Gasteiger partial charge in [0.15, 0.2) is 0 Å². The maximum atomic E-state index is 11.8. The molecular weight excluding hydrogens is 266 g/mol. The van der Waals surface area contributed by atoms with Gasteiger partial charge in [0.2, 0.25) is 0 Å². The van der Waals surface area contributed by atoms with Crippen molar-refractivity contribution in [3.63, 3.8) is 0 Å². The highest BCUT2D eigenvalue weighted by Crippen LogP contribution is 2.33. The van der Waals surface area contributed by atoms with Crippen molar-refractivity contribution in [1.29, 1.82) is 0 Å². The second-order valence-corrected chi connectivity index (χ2v) is 6.12. The quantitative estimate of drug-likeness (QED) is 0.594. The molecule has 0 spiro atoms. The van der Waals surface area contributed by atoms with Crippen LogP contribution in [-0.4, -0.2) is 18.3 Å². The molecule has 0 aromatic heterocycles. The molecule has 0 radical (unpaired) electrons. The highest BCUT2D eigenvalue weighted by Gasteiger charge is 2.26. The monoisotopic (exact) mass is 283 g/mol. The van der Waals surface area contributed by atoms with Crippen molar-refractivity contribution in [3.8, 4) is 5.75 Å². The number of hydrogen-bond donors (Lipinski definition) is 0. The molecular formula is C17H17NO3. The number of benzene rings is 2. The minimum Gasteiger partial charge on any atom is -0.486 e. The Balaban J connectivity index is 2.00. The number of hydrogen-bond acceptors (Lipinski definition) is 4. The SMILES string of the molecule is CC(C)(C)C(=O)ON=C1COc2ccc3ccccc3c21. The third kappa shape index (κ3) is 2.49. The average molecular weight is 283 g/mol. The fourth-order valence-corrected chi connectivity index (χ4v) is 2.19. The van der Waals surface area contributed by atoms with Crippen molar-refractivity contribution in [2.24, 2.45) is 10.6 Å². The van der Waals surface area contributed by atoms with Gasteiger partial charge in [-0.25, -0.2) is 4.79 Å². The Morgan fingerprint density at radius 3 is 2.71 bits per heavy atom. The maximum Gasteiger partial charge on any atom is 0.340 e. The van der Waals surface area contributed by atoms with Crippen LogP contribution in [0.4, 0.5) is 0 Å². The Bertz CT molecular complexity index is 741. The molecule has 0 fully saturated rings. The summed E-state index contributed by atoms with van der Waals surface area (Å²) in [4.78, 5) is 16.9. The fraction of sp³-hybridized carbons (Fsp3) is 0.294. The molecule has 3 rings (SSSR count). The summed E-state index contributed by atoms with van der Waals surface area (Å²) in [6, 6.07) is 11.9. The van der Waals surface area contributed by atoms with Crippen LogP contribution in [0.3, 0.4) is 0 Å². The van der Waals surface area contributed by atoms with Gasteiger partial charge in [0, 0.05) is 0 Å². The lowest BCUT2D eigenvalue weighted by atomic mass is 9.98. The molecule has 108 valence electrons. The minimum atomic E-state index is -0.578. The van der Waals surface area contributed by atoms with E-state index in [1.165, 1.54) is 0 Å². The first-order valence-electron chi connectivity index (χ1n) is 6.90. The molecule has 0 N–H and O–H groups in total. The highest BCUT2D eigenvalue weighted by molar-refractivity contribution is 6.15. The Morgan fingerprint density at radius 2 is 1.95 bits per heavy atom. The minimum absolute atomic E-state index is 0.320. The molecule has 0 atom stereocenters. The summed E-state index contributed by atoms with van der Waals surface area (Å²) in [6.45, 7) is 5.71. The lowest BCUT2D eigenvalue weighted by molar-refractivity contribution is -0.152. The maximum absolute atomic E-state index is 11.8. The number of fused-ring (bicyclic) bond motifs is 3. The molecule has 1 heterocycles. The van der Waals surface area contributed by atoms with Gasteiger partial charge in [-0.3, -0.25) is 0 Å². The molecule has 0 saturated heterocycles. The topological polar surface area (TPSA) is 47.9 Å². The lowest BCUT2D eigenvalue weighted by Crippen LogP contribution is -2.21. The van der Waals surface area contributed by atoms with Crippen LogP contribution in [0.15, 0.2) is 41.6 Å². The van der Waals surface area contributed by atoms with E-state index in [1.54, 1.807) is 20.8 Å². The zero-order valence-corrected chi connectivity index (χ0v) is 12.3. The van der Waals surface area contributed by atoms with Crippen molar-refractivity contribution < 1.29 is 14.4 Å². The van der Waals surface area contributed by atoms with Crippen LogP contribution >= 0.6 is 0 Å². The van der Waals surface area contributed by atoms with Crippen LogP contribution in [0.1, 0.15) is 26.3 Å². The van der Waals surface area contributed by atoms with Gasteiger partial charge < -0.3 is 9.57 Å². The molecule has 4 heteroatoms. The van der Waals surface area contributed by atoms with Gasteiger partial charge >= 0.3 is 5.97 Å². The second-order valence-electron chi connectivity index (χ2n) is 6.12. The summed E-state index contributed by atoms with van der Waals surface area (Å²) in [6.07, 6.45) is 0. The van der Waals surface area contributed by atoms with Gasteiger partial charge in [0.25, 0.3) is 0 Å². The van der Waals surface area contributed by atoms with Gasteiger partial charge in [-0.1, -0.05) is 35.5 Å². The van der Waals surface area contributed by atoms with E-state index in [9.17, 15) is 4.79 Å². The third-order valence-corrected chi connectivity index (χ3v) is 3.39. The van der Waals surface area contributed by atoms with E-state index in [0.29, 0.717) is 12.3 Å². The Hall–Kier alpha value is -2.36. The first kappa shape index (κ1) is 13.6. The van der Waals surface area contributed by atoms with Gasteiger partial charge in [-0.05, 0) is 37.6 Å². The molecule has 2 aromatic carbocycles. The van der Waals surface area contributed by atoms with E-state index in [1.807, 2.05) is 36.4 Å². The summed E-state index contributed by atoms with van der Waals surface area (Å²) >= 11 is 0. The molecule has 0 amide bonds. The lowest BCUT2D eigenvalue weighted by Gasteiger charge is -2.13. The van der Waals surface area contributed by atoms with E-state index >= 15 is 0 Å².